The third kappa shape index (κ3) is 4.20. The molecule has 12 heteroatoms. The molecule has 1 aliphatic carbocycles. The first-order chi connectivity index (χ1) is 17.5. The van der Waals surface area contributed by atoms with Gasteiger partial charge in [-0.15, -0.1) is 10.2 Å². The van der Waals surface area contributed by atoms with Gasteiger partial charge in [0, 0.05) is 19.4 Å². The normalized spacial score (nSPS) is 21.8. The van der Waals surface area contributed by atoms with E-state index in [0.717, 1.165) is 23.1 Å². The Bertz CT molecular complexity index is 1420. The molecule has 2 fully saturated rings. The summed E-state index contributed by atoms with van der Waals surface area (Å²) in [6.45, 7) is 1.04. The molecule has 37 heavy (non-hydrogen) atoms. The number of carbonyl (C=O) groups excluding carboxylic acids is 2. The van der Waals surface area contributed by atoms with Gasteiger partial charge >= 0.3 is 6.18 Å². The Balaban J connectivity index is 1.48. The number of nitriles is 1. The van der Waals surface area contributed by atoms with E-state index in [1.165, 1.54) is 29.2 Å². The van der Waals surface area contributed by atoms with Crippen LogP contribution in [-0.4, -0.2) is 39.0 Å². The Morgan fingerprint density at radius 1 is 1.14 bits per heavy atom. The highest BCUT2D eigenvalue weighted by molar-refractivity contribution is 6.10. The van der Waals surface area contributed by atoms with Gasteiger partial charge in [-0.3, -0.25) is 14.5 Å². The number of aromatic nitrogens is 2. The maximum atomic E-state index is 14.8. The van der Waals surface area contributed by atoms with Crippen molar-refractivity contribution in [1.29, 1.82) is 5.26 Å². The lowest BCUT2D eigenvalue weighted by molar-refractivity contribution is -0.160. The second-order valence-electron chi connectivity index (χ2n) is 9.14. The number of nitrogens with zero attached hydrogens (tertiary/aromatic N) is 5. The molecule has 1 aromatic heterocycles. The van der Waals surface area contributed by atoms with Crippen LogP contribution in [-0.2, 0) is 22.3 Å². The van der Waals surface area contributed by atoms with Crippen molar-refractivity contribution in [3.63, 3.8) is 0 Å². The van der Waals surface area contributed by atoms with Crippen LogP contribution in [0.2, 0.25) is 0 Å². The third-order valence-electron chi connectivity index (χ3n) is 6.80. The Labute approximate surface area is 208 Å². The highest BCUT2D eigenvalue weighted by atomic mass is 19.4. The number of carbonyl (C=O) groups is 2. The number of alkyl halides is 3. The van der Waals surface area contributed by atoms with Gasteiger partial charge in [-0.2, -0.15) is 18.4 Å². The largest absolute Gasteiger partial charge is 0.425 e. The van der Waals surface area contributed by atoms with Crippen LogP contribution in [0.5, 0.6) is 0 Å². The van der Waals surface area contributed by atoms with Gasteiger partial charge < -0.3 is 9.32 Å². The van der Waals surface area contributed by atoms with Crippen molar-refractivity contribution in [3.8, 4) is 6.07 Å². The zero-order chi connectivity index (χ0) is 26.5. The van der Waals surface area contributed by atoms with E-state index in [9.17, 15) is 27.2 Å². The van der Waals surface area contributed by atoms with E-state index in [1.807, 2.05) is 6.07 Å². The summed E-state index contributed by atoms with van der Waals surface area (Å²) in [4.78, 5) is 29.6. The molecule has 0 radical (unpaired) electrons. The van der Waals surface area contributed by atoms with Gasteiger partial charge in [-0.25, -0.2) is 4.39 Å². The van der Waals surface area contributed by atoms with Crippen LogP contribution >= 0.6 is 0 Å². The van der Waals surface area contributed by atoms with Crippen LogP contribution < -0.4 is 4.90 Å². The average Bonchev–Trinajstić information content (AvgIpc) is 3.26. The number of aryl methyl sites for hydroxylation is 1. The molecule has 1 spiro atoms. The van der Waals surface area contributed by atoms with E-state index in [0.29, 0.717) is 17.3 Å². The first kappa shape index (κ1) is 24.4. The van der Waals surface area contributed by atoms with Crippen molar-refractivity contribution in [2.75, 3.05) is 11.4 Å². The molecule has 8 nitrogen and oxygen atoms in total. The molecular formula is C25H19F4N5O3. The Kier molecular flexibility index (Phi) is 5.73. The minimum absolute atomic E-state index is 0.0613. The van der Waals surface area contributed by atoms with Crippen LogP contribution in [0.25, 0.3) is 0 Å². The van der Waals surface area contributed by atoms with Crippen LogP contribution in [0, 0.1) is 24.1 Å². The fraction of sp³-hybridized carbons (Fsp3) is 0.320. The predicted octanol–water partition coefficient (Wildman–Crippen LogP) is 4.10. The zero-order valence-corrected chi connectivity index (χ0v) is 19.4. The minimum Gasteiger partial charge on any atom is -0.425 e. The number of rotatable bonds is 4. The van der Waals surface area contributed by atoms with Crippen molar-refractivity contribution < 1.29 is 31.6 Å². The zero-order valence-electron chi connectivity index (χ0n) is 19.4. The molecule has 2 amide bonds. The second kappa shape index (κ2) is 8.69. The summed E-state index contributed by atoms with van der Waals surface area (Å²) in [7, 11) is 0. The summed E-state index contributed by atoms with van der Waals surface area (Å²) in [6.07, 6.45) is -4.27. The number of halogens is 4. The van der Waals surface area contributed by atoms with Crippen molar-refractivity contribution in [3.05, 3.63) is 76.8 Å². The van der Waals surface area contributed by atoms with Gasteiger partial charge in [0.1, 0.15) is 17.9 Å². The summed E-state index contributed by atoms with van der Waals surface area (Å²) < 4.78 is 59.3. The van der Waals surface area contributed by atoms with E-state index in [2.05, 4.69) is 10.2 Å². The maximum absolute atomic E-state index is 14.8. The average molecular weight is 513 g/mol. The Morgan fingerprint density at radius 3 is 2.41 bits per heavy atom. The minimum atomic E-state index is -4.51. The summed E-state index contributed by atoms with van der Waals surface area (Å²) in [5.74, 6) is -1.54. The highest BCUT2D eigenvalue weighted by Gasteiger charge is 2.61. The molecule has 1 saturated carbocycles. The predicted molar refractivity (Wildman–Crippen MR) is 119 cm³/mol. The molecule has 1 aliphatic heterocycles. The lowest BCUT2D eigenvalue weighted by atomic mass is 9.65. The van der Waals surface area contributed by atoms with E-state index in [-0.39, 0.29) is 36.6 Å². The Morgan fingerprint density at radius 2 is 1.84 bits per heavy atom. The number of piperazine rings is 1. The fourth-order valence-corrected chi connectivity index (χ4v) is 4.91. The molecule has 1 saturated heterocycles. The quantitative estimate of drug-likeness (QED) is 0.487. The highest BCUT2D eigenvalue weighted by Crippen LogP contribution is 2.51. The molecule has 2 aromatic carbocycles. The molecule has 0 atom stereocenters. The van der Waals surface area contributed by atoms with Crippen molar-refractivity contribution in [2.45, 2.75) is 43.9 Å². The lowest BCUT2D eigenvalue weighted by Crippen LogP contribution is -2.72. The molecule has 2 heterocycles. The smallest absolute Gasteiger partial charge is 0.416 e. The summed E-state index contributed by atoms with van der Waals surface area (Å²) >= 11 is 0. The monoisotopic (exact) mass is 513 g/mol. The van der Waals surface area contributed by atoms with Crippen LogP contribution in [0.1, 0.15) is 47.2 Å². The van der Waals surface area contributed by atoms with Crippen LogP contribution in [0.15, 0.2) is 46.9 Å². The lowest BCUT2D eigenvalue weighted by Gasteiger charge is -2.56. The fourth-order valence-electron chi connectivity index (χ4n) is 4.91. The number of benzene rings is 2. The molecule has 190 valence electrons. The van der Waals surface area contributed by atoms with Crippen LogP contribution in [0.4, 0.5) is 23.2 Å². The molecule has 0 bridgehead atoms. The molecule has 2 aliphatic rings. The van der Waals surface area contributed by atoms with E-state index >= 15 is 0 Å². The molecule has 5 rings (SSSR count). The van der Waals surface area contributed by atoms with Gasteiger partial charge in [0.05, 0.1) is 22.9 Å². The van der Waals surface area contributed by atoms with Gasteiger partial charge in [-0.05, 0) is 48.7 Å². The van der Waals surface area contributed by atoms with Crippen molar-refractivity contribution in [1.82, 2.24) is 15.1 Å². The van der Waals surface area contributed by atoms with Gasteiger partial charge in [-0.1, -0.05) is 12.1 Å². The van der Waals surface area contributed by atoms with Gasteiger partial charge in [0.2, 0.25) is 17.7 Å². The van der Waals surface area contributed by atoms with E-state index in [1.54, 1.807) is 6.92 Å². The molecular weight excluding hydrogens is 494 g/mol. The van der Waals surface area contributed by atoms with Crippen molar-refractivity contribution >= 4 is 17.5 Å². The summed E-state index contributed by atoms with van der Waals surface area (Å²) in [5.41, 5.74) is -1.88. The third-order valence-corrected chi connectivity index (χ3v) is 6.80. The van der Waals surface area contributed by atoms with Gasteiger partial charge in [0.15, 0.2) is 0 Å². The Hall–Kier alpha value is -4.27. The van der Waals surface area contributed by atoms with Crippen LogP contribution in [0.3, 0.4) is 0 Å². The number of hydrogen-bond acceptors (Lipinski definition) is 6. The topological polar surface area (TPSA) is 103 Å². The molecule has 3 aromatic rings. The first-order valence-electron chi connectivity index (χ1n) is 11.3. The van der Waals surface area contributed by atoms with E-state index < -0.39 is 41.5 Å². The molecule has 0 N–H and O–H groups in total. The number of hydrogen-bond donors (Lipinski definition) is 0. The first-order valence-corrected chi connectivity index (χ1v) is 11.3. The van der Waals surface area contributed by atoms with Gasteiger partial charge in [0.25, 0.3) is 5.91 Å². The van der Waals surface area contributed by atoms with E-state index in [4.69, 9.17) is 9.68 Å². The van der Waals surface area contributed by atoms with Crippen molar-refractivity contribution in [2.24, 2.45) is 0 Å². The summed E-state index contributed by atoms with van der Waals surface area (Å²) in [5, 5.41) is 16.8. The standard InChI is InChI=1S/C25H19F4N5O3/c1-14-31-32-22(37-14)17-9-24(10-17)23(36)33(20-7-4-16(11-30)8-19(20)26)13-21(35)34(24)12-15-2-5-18(6-3-15)25(27,28)29/h2-8,17H,9-10,12-13H2,1H3/t17-,24-. The second-order valence-corrected chi connectivity index (χ2v) is 9.14. The number of amides is 2. The SMILES string of the molecule is Cc1nnc([C@H]2C[C@]3(C2)C(=O)N(c2ccc(C#N)cc2F)CC(=O)N3Cc2ccc(C(F)(F)F)cc2)o1. The summed E-state index contributed by atoms with van der Waals surface area (Å²) in [6, 6.07) is 9.79. The molecule has 0 unspecified atom stereocenters. The maximum Gasteiger partial charge on any atom is 0.416 e. The number of anilines is 1.